The summed E-state index contributed by atoms with van der Waals surface area (Å²) in [7, 11) is 0. The van der Waals surface area contributed by atoms with Crippen molar-refractivity contribution < 1.29 is 0 Å². The molecule has 158 valence electrons. The maximum absolute atomic E-state index is 4.63. The van der Waals surface area contributed by atoms with Gasteiger partial charge in [-0.2, -0.15) is 0 Å². The van der Waals surface area contributed by atoms with Gasteiger partial charge in [-0.1, -0.05) is 17.3 Å². The molecule has 8 bridgehead atoms. The third kappa shape index (κ3) is 4.20. The molecule has 7 heteroatoms. The fourth-order valence-electron chi connectivity index (χ4n) is 3.73. The van der Waals surface area contributed by atoms with Crippen LogP contribution < -0.4 is 0 Å². The molecule has 0 spiro atoms. The number of H-pyrrole nitrogens is 3. The number of para-hydroxylation sites is 1. The van der Waals surface area contributed by atoms with Crippen LogP contribution in [0.15, 0.2) is 72.8 Å². The molecule has 7 rings (SSSR count). The summed E-state index contributed by atoms with van der Waals surface area (Å²) in [6.07, 6.45) is 8.09. The average molecular weight is 429 g/mol. The number of nitrogens with one attached hydrogen (secondary N) is 3. The van der Waals surface area contributed by atoms with E-state index in [9.17, 15) is 0 Å². The molecule has 7 nitrogen and oxygen atoms in total. The van der Waals surface area contributed by atoms with Gasteiger partial charge in [-0.15, -0.1) is 5.10 Å². The summed E-state index contributed by atoms with van der Waals surface area (Å²) in [6.45, 7) is 0. The Balaban J connectivity index is 0.000000192. The minimum absolute atomic E-state index is 0.914. The summed E-state index contributed by atoms with van der Waals surface area (Å²) in [5, 5.41) is 10.2. The van der Waals surface area contributed by atoms with Gasteiger partial charge in [0.05, 0.1) is 28.3 Å². The second-order valence-corrected chi connectivity index (χ2v) is 7.73. The first-order valence-electron chi connectivity index (χ1n) is 10.6. The second kappa shape index (κ2) is 8.05. The van der Waals surface area contributed by atoms with E-state index in [2.05, 4.69) is 59.6 Å². The zero-order chi connectivity index (χ0) is 22.0. The second-order valence-electron chi connectivity index (χ2n) is 7.73. The molecule has 2 aliphatic rings. The Morgan fingerprint density at radius 3 is 1.42 bits per heavy atom. The maximum Gasteiger partial charge on any atom is 0.112 e. The van der Waals surface area contributed by atoms with Crippen molar-refractivity contribution in [1.82, 2.24) is 35.3 Å². The molecule has 0 saturated heterocycles. The Kier molecular flexibility index (Phi) is 4.62. The zero-order valence-corrected chi connectivity index (χ0v) is 17.5. The SMILES string of the molecule is C1=Cc2cc3ccc(cc4nc(cc5ccc(cc1n2)[nH]5)C=C4)[nH]3.c1ccc2[nH]nnc2c1. The number of rotatable bonds is 0. The predicted molar refractivity (Wildman–Crippen MR) is 133 cm³/mol. The standard InChI is InChI=1S/C20H14N4.C6H5N3/c1-2-14-10-16-5-6-18(23-16)12-20-8-7-19(24-20)11-17-4-3-15(22-17)9-13(1)21-14;1-2-4-6-5(3-1)7-9-8-6/h1-12,21,24H;1-4H,(H,7,8,9). The number of nitrogens with zero attached hydrogens (tertiary/aromatic N) is 4. The first kappa shape index (κ1) is 18.9. The summed E-state index contributed by atoms with van der Waals surface area (Å²) in [6, 6.07) is 24.1. The number of aromatic amines is 3. The van der Waals surface area contributed by atoms with Gasteiger partial charge < -0.3 is 9.97 Å². The highest BCUT2D eigenvalue weighted by Crippen LogP contribution is 2.17. The minimum atomic E-state index is 0.914. The third-order valence-corrected chi connectivity index (χ3v) is 5.27. The van der Waals surface area contributed by atoms with Crippen molar-refractivity contribution in [2.75, 3.05) is 0 Å². The van der Waals surface area contributed by atoms with Gasteiger partial charge in [0.1, 0.15) is 5.52 Å². The van der Waals surface area contributed by atoms with E-state index in [0.717, 1.165) is 55.9 Å². The Morgan fingerprint density at radius 2 is 0.970 bits per heavy atom. The van der Waals surface area contributed by atoms with Crippen LogP contribution >= 0.6 is 0 Å². The number of benzene rings is 1. The van der Waals surface area contributed by atoms with Crippen molar-refractivity contribution in [3.8, 4) is 0 Å². The topological polar surface area (TPSA) is 98.9 Å². The van der Waals surface area contributed by atoms with E-state index in [1.807, 2.05) is 72.8 Å². The first-order valence-corrected chi connectivity index (χ1v) is 10.6. The molecule has 0 fully saturated rings. The molecule has 0 amide bonds. The van der Waals surface area contributed by atoms with E-state index < -0.39 is 0 Å². The van der Waals surface area contributed by atoms with Crippen LogP contribution in [0.2, 0.25) is 0 Å². The summed E-state index contributed by atoms with van der Waals surface area (Å²) in [4.78, 5) is 16.0. The highest BCUT2D eigenvalue weighted by atomic mass is 15.3. The predicted octanol–water partition coefficient (Wildman–Crippen LogP) is 5.61. The highest BCUT2D eigenvalue weighted by molar-refractivity contribution is 5.77. The van der Waals surface area contributed by atoms with Crippen molar-refractivity contribution in [3.63, 3.8) is 0 Å². The molecule has 0 atom stereocenters. The Hall–Kier alpha value is -4.78. The monoisotopic (exact) mass is 429 g/mol. The lowest BCUT2D eigenvalue weighted by Gasteiger charge is -1.85. The van der Waals surface area contributed by atoms with Gasteiger partial charge in [0.15, 0.2) is 0 Å². The lowest BCUT2D eigenvalue weighted by Crippen LogP contribution is -1.75. The molecule has 1 aromatic carbocycles. The van der Waals surface area contributed by atoms with Crippen LogP contribution in [-0.2, 0) is 0 Å². The highest BCUT2D eigenvalue weighted by Gasteiger charge is 2.01. The van der Waals surface area contributed by atoms with E-state index in [1.165, 1.54) is 0 Å². The van der Waals surface area contributed by atoms with Crippen LogP contribution in [0.1, 0.15) is 22.8 Å². The normalized spacial score (nSPS) is 12.0. The molecular weight excluding hydrogens is 410 g/mol. The van der Waals surface area contributed by atoms with Gasteiger partial charge in [-0.25, -0.2) is 9.97 Å². The Morgan fingerprint density at radius 1 is 0.515 bits per heavy atom. The van der Waals surface area contributed by atoms with Gasteiger partial charge in [0.2, 0.25) is 0 Å². The molecule has 6 heterocycles. The molecule has 3 N–H and O–H groups in total. The molecule has 0 saturated carbocycles. The van der Waals surface area contributed by atoms with Crippen LogP contribution in [0.5, 0.6) is 0 Å². The lowest BCUT2D eigenvalue weighted by molar-refractivity contribution is 0.959. The summed E-state index contributed by atoms with van der Waals surface area (Å²) in [5.74, 6) is 0. The molecule has 2 aliphatic heterocycles. The van der Waals surface area contributed by atoms with Gasteiger partial charge in [-0.05, 0) is 85.0 Å². The Labute approximate surface area is 188 Å². The minimum Gasteiger partial charge on any atom is -0.355 e. The molecule has 0 aliphatic carbocycles. The number of fused-ring (bicyclic) bond motifs is 9. The molecule has 0 unspecified atom stereocenters. The third-order valence-electron chi connectivity index (χ3n) is 5.27. The van der Waals surface area contributed by atoms with E-state index in [1.54, 1.807) is 0 Å². The summed E-state index contributed by atoms with van der Waals surface area (Å²) in [5.41, 5.74) is 9.76. The molecule has 33 heavy (non-hydrogen) atoms. The molecule has 0 radical (unpaired) electrons. The largest absolute Gasteiger partial charge is 0.355 e. The summed E-state index contributed by atoms with van der Waals surface area (Å²) < 4.78 is 0. The fraction of sp³-hybridized carbons (Fsp3) is 0. The van der Waals surface area contributed by atoms with Crippen LogP contribution in [0.4, 0.5) is 0 Å². The smallest absolute Gasteiger partial charge is 0.112 e. The molecule has 5 aromatic rings. The average Bonchev–Trinajstić information content (AvgIpc) is 3.63. The van der Waals surface area contributed by atoms with Gasteiger partial charge in [0, 0.05) is 22.1 Å². The number of hydrogen-bond acceptors (Lipinski definition) is 4. The van der Waals surface area contributed by atoms with E-state index in [4.69, 9.17) is 0 Å². The molecular formula is C26H19N7. The van der Waals surface area contributed by atoms with Crippen LogP contribution in [0.3, 0.4) is 0 Å². The maximum atomic E-state index is 4.63. The van der Waals surface area contributed by atoms with Crippen molar-refractivity contribution in [3.05, 3.63) is 95.6 Å². The van der Waals surface area contributed by atoms with Gasteiger partial charge >= 0.3 is 0 Å². The fourth-order valence-corrected chi connectivity index (χ4v) is 3.73. The van der Waals surface area contributed by atoms with Crippen molar-refractivity contribution in [1.29, 1.82) is 0 Å². The van der Waals surface area contributed by atoms with Crippen LogP contribution in [-0.4, -0.2) is 35.3 Å². The van der Waals surface area contributed by atoms with Crippen molar-refractivity contribution in [2.45, 2.75) is 0 Å². The van der Waals surface area contributed by atoms with Crippen molar-refractivity contribution >= 4 is 57.4 Å². The van der Waals surface area contributed by atoms with Crippen LogP contribution in [0, 0.1) is 0 Å². The van der Waals surface area contributed by atoms with E-state index in [0.29, 0.717) is 0 Å². The van der Waals surface area contributed by atoms with Crippen molar-refractivity contribution in [2.24, 2.45) is 0 Å². The molecule has 4 aromatic heterocycles. The van der Waals surface area contributed by atoms with Gasteiger partial charge in [-0.3, -0.25) is 5.10 Å². The Bertz CT molecular complexity index is 1480. The quantitative estimate of drug-likeness (QED) is 0.292. The van der Waals surface area contributed by atoms with Gasteiger partial charge in [0.25, 0.3) is 0 Å². The van der Waals surface area contributed by atoms with E-state index >= 15 is 0 Å². The number of aromatic nitrogens is 7. The zero-order valence-electron chi connectivity index (χ0n) is 17.5. The van der Waals surface area contributed by atoms with Crippen LogP contribution in [0.25, 0.3) is 57.4 Å². The van der Waals surface area contributed by atoms with E-state index in [-0.39, 0.29) is 0 Å². The summed E-state index contributed by atoms with van der Waals surface area (Å²) >= 11 is 0. The first-order chi connectivity index (χ1) is 16.3. The lowest BCUT2D eigenvalue weighted by atomic mass is 10.3. The number of hydrogen-bond donors (Lipinski definition) is 3.